The molecule has 1 rings (SSSR count). The second kappa shape index (κ2) is 30.4. The molecule has 0 aliphatic rings. The van der Waals surface area contributed by atoms with Crippen LogP contribution in [-0.4, -0.2) is 50.2 Å². The SMILES string of the molecule is CCCCCCCCCCCCCC[N+](C)(C)Cc1ccccc1C[N+](C)(C)CCCCCCCCCCCCCC.[Br-].[Br-]. The lowest BCUT2D eigenvalue weighted by molar-refractivity contribution is -0.907. The van der Waals surface area contributed by atoms with Crippen molar-refractivity contribution in [2.45, 2.75) is 181 Å². The highest BCUT2D eigenvalue weighted by Gasteiger charge is 2.22. The van der Waals surface area contributed by atoms with Gasteiger partial charge in [-0.1, -0.05) is 167 Å². The van der Waals surface area contributed by atoms with E-state index >= 15 is 0 Å². The molecule has 0 aromatic heterocycles. The van der Waals surface area contributed by atoms with Gasteiger partial charge in [0.1, 0.15) is 13.1 Å². The van der Waals surface area contributed by atoms with Crippen LogP contribution in [0.3, 0.4) is 0 Å². The van der Waals surface area contributed by atoms with Crippen molar-refractivity contribution in [2.75, 3.05) is 41.3 Å². The van der Waals surface area contributed by atoms with Crippen molar-refractivity contribution >= 4 is 0 Å². The first kappa shape index (κ1) is 46.2. The third-order valence-electron chi connectivity index (χ3n) is 9.55. The van der Waals surface area contributed by atoms with E-state index < -0.39 is 0 Å². The summed E-state index contributed by atoms with van der Waals surface area (Å²) in [7, 11) is 9.78. The number of halogens is 2. The van der Waals surface area contributed by atoms with E-state index in [9.17, 15) is 0 Å². The summed E-state index contributed by atoms with van der Waals surface area (Å²) in [4.78, 5) is 0. The molecule has 0 fully saturated rings. The molecule has 2 nitrogen and oxygen atoms in total. The number of unbranched alkanes of at least 4 members (excludes halogenated alkanes) is 22. The molecule has 0 amide bonds. The van der Waals surface area contributed by atoms with E-state index in [2.05, 4.69) is 66.3 Å². The largest absolute Gasteiger partial charge is 1.00 e. The summed E-state index contributed by atoms with van der Waals surface area (Å²) in [6.45, 7) is 9.52. The lowest BCUT2D eigenvalue weighted by Crippen LogP contribution is -3.00. The van der Waals surface area contributed by atoms with Crippen molar-refractivity contribution < 1.29 is 42.9 Å². The Labute approximate surface area is 299 Å². The second-order valence-electron chi connectivity index (χ2n) is 15.2. The van der Waals surface area contributed by atoms with Crippen LogP contribution in [0.2, 0.25) is 0 Å². The average Bonchev–Trinajstić information content (AvgIpc) is 2.95. The summed E-state index contributed by atoms with van der Waals surface area (Å²) in [5, 5.41) is 0. The Morgan fingerprint density at radius 2 is 0.591 bits per heavy atom. The Balaban J connectivity index is 0. The predicted octanol–water partition coefficient (Wildman–Crippen LogP) is 6.25. The molecule has 1 aromatic carbocycles. The van der Waals surface area contributed by atoms with Gasteiger partial charge >= 0.3 is 0 Å². The Morgan fingerprint density at radius 1 is 0.364 bits per heavy atom. The maximum atomic E-state index is 2.45. The van der Waals surface area contributed by atoms with Gasteiger partial charge in [0.2, 0.25) is 0 Å². The molecule has 0 unspecified atom stereocenters. The summed E-state index contributed by atoms with van der Waals surface area (Å²) in [5.74, 6) is 0. The van der Waals surface area contributed by atoms with Crippen LogP contribution in [0.25, 0.3) is 0 Å². The summed E-state index contributed by atoms with van der Waals surface area (Å²) in [6, 6.07) is 9.32. The van der Waals surface area contributed by atoms with Crippen LogP contribution in [0.15, 0.2) is 24.3 Å². The molecular weight excluding hydrogens is 668 g/mol. The molecular formula is C40H78Br2N2. The summed E-state index contributed by atoms with van der Waals surface area (Å²) >= 11 is 0. The van der Waals surface area contributed by atoms with Crippen molar-refractivity contribution in [3.63, 3.8) is 0 Å². The van der Waals surface area contributed by atoms with Crippen LogP contribution in [-0.2, 0) is 13.1 Å². The lowest BCUT2D eigenvalue weighted by atomic mass is 10.0. The topological polar surface area (TPSA) is 0 Å². The zero-order valence-corrected chi connectivity index (χ0v) is 33.9. The average molecular weight is 747 g/mol. The molecule has 1 aromatic rings. The van der Waals surface area contributed by atoms with Crippen molar-refractivity contribution in [1.82, 2.24) is 0 Å². The normalized spacial score (nSPS) is 11.8. The molecule has 0 saturated heterocycles. The fourth-order valence-corrected chi connectivity index (χ4v) is 6.71. The number of rotatable bonds is 30. The number of nitrogens with zero attached hydrogens (tertiary/aromatic N) is 2. The van der Waals surface area contributed by atoms with E-state index in [0.717, 1.165) is 22.1 Å². The molecule has 0 aliphatic heterocycles. The van der Waals surface area contributed by atoms with Crippen molar-refractivity contribution in [1.29, 1.82) is 0 Å². The summed E-state index contributed by atoms with van der Waals surface area (Å²) < 4.78 is 2.22. The number of hydrogen-bond donors (Lipinski definition) is 0. The fourth-order valence-electron chi connectivity index (χ4n) is 6.71. The Hall–Kier alpha value is 0.1000. The van der Waals surface area contributed by atoms with E-state index in [4.69, 9.17) is 0 Å². The number of benzene rings is 1. The fraction of sp³-hybridized carbons (Fsp3) is 0.850. The minimum Gasteiger partial charge on any atom is -1.00 e. The molecule has 0 spiro atoms. The highest BCUT2D eigenvalue weighted by Crippen LogP contribution is 2.21. The van der Waals surface area contributed by atoms with E-state index in [-0.39, 0.29) is 34.0 Å². The zero-order chi connectivity index (χ0) is 30.8. The van der Waals surface area contributed by atoms with Gasteiger partial charge in [-0.25, -0.2) is 0 Å². The molecule has 0 aliphatic carbocycles. The van der Waals surface area contributed by atoms with Crippen LogP contribution in [0, 0.1) is 0 Å². The van der Waals surface area contributed by atoms with Gasteiger partial charge in [0.05, 0.1) is 41.3 Å². The van der Waals surface area contributed by atoms with Gasteiger partial charge in [-0.3, -0.25) is 0 Å². The minimum atomic E-state index is 0. The Kier molecular flexibility index (Phi) is 32.0. The molecule has 262 valence electrons. The first-order valence-corrected chi connectivity index (χ1v) is 19.0. The predicted molar refractivity (Wildman–Crippen MR) is 190 cm³/mol. The first-order chi connectivity index (χ1) is 20.3. The molecule has 0 radical (unpaired) electrons. The smallest absolute Gasteiger partial charge is 0.104 e. The highest BCUT2D eigenvalue weighted by atomic mass is 79.9. The summed E-state index contributed by atoms with van der Waals surface area (Å²) in [5.41, 5.74) is 3.14. The minimum absolute atomic E-state index is 0. The Bertz CT molecular complexity index is 673. The van der Waals surface area contributed by atoms with Gasteiger partial charge in [0.25, 0.3) is 0 Å². The maximum Gasteiger partial charge on any atom is 0.104 e. The molecule has 4 heteroatoms. The van der Waals surface area contributed by atoms with E-state index in [0.29, 0.717) is 0 Å². The molecule has 0 atom stereocenters. The monoisotopic (exact) mass is 744 g/mol. The third-order valence-corrected chi connectivity index (χ3v) is 9.55. The molecule has 0 saturated carbocycles. The first-order valence-electron chi connectivity index (χ1n) is 19.0. The zero-order valence-electron chi connectivity index (χ0n) is 30.8. The summed E-state index contributed by atoms with van der Waals surface area (Å²) in [6.07, 6.45) is 34.3. The molecule has 44 heavy (non-hydrogen) atoms. The van der Waals surface area contributed by atoms with Gasteiger partial charge < -0.3 is 42.9 Å². The number of quaternary nitrogens is 2. The second-order valence-corrected chi connectivity index (χ2v) is 15.2. The number of hydrogen-bond acceptors (Lipinski definition) is 0. The highest BCUT2D eigenvalue weighted by molar-refractivity contribution is 5.25. The van der Waals surface area contributed by atoms with E-state index in [1.54, 1.807) is 11.1 Å². The van der Waals surface area contributed by atoms with Gasteiger partial charge in [-0.05, 0) is 25.7 Å². The van der Waals surface area contributed by atoms with Crippen molar-refractivity contribution in [2.24, 2.45) is 0 Å². The van der Waals surface area contributed by atoms with Crippen LogP contribution in [0.1, 0.15) is 179 Å². The van der Waals surface area contributed by atoms with Crippen molar-refractivity contribution in [3.8, 4) is 0 Å². The van der Waals surface area contributed by atoms with Crippen LogP contribution < -0.4 is 34.0 Å². The van der Waals surface area contributed by atoms with Gasteiger partial charge in [0, 0.05) is 11.1 Å². The van der Waals surface area contributed by atoms with Gasteiger partial charge in [-0.15, -0.1) is 0 Å². The van der Waals surface area contributed by atoms with E-state index in [1.165, 1.54) is 167 Å². The third kappa shape index (κ3) is 27.2. The van der Waals surface area contributed by atoms with Crippen LogP contribution in [0.5, 0.6) is 0 Å². The lowest BCUT2D eigenvalue weighted by Gasteiger charge is -2.33. The standard InChI is InChI=1S/C40H78N2.2BrH/c1-7-9-11-13-15-17-19-21-23-25-27-31-35-41(3,4)37-39-33-29-30-34-40(39)38-42(5,6)36-32-28-26-24-22-20-18-16-14-12-10-8-2;;/h29-30,33-34H,7-28,31-32,35-38H2,1-6H3;2*1H/q+2;;/p-2. The van der Waals surface area contributed by atoms with Crippen LogP contribution >= 0.6 is 0 Å². The molecule has 0 heterocycles. The molecule has 0 N–H and O–H groups in total. The van der Waals surface area contributed by atoms with Crippen LogP contribution in [0.4, 0.5) is 0 Å². The van der Waals surface area contributed by atoms with Crippen molar-refractivity contribution in [3.05, 3.63) is 35.4 Å². The van der Waals surface area contributed by atoms with Gasteiger partial charge in [0.15, 0.2) is 0 Å². The maximum absolute atomic E-state index is 2.45. The quantitative estimate of drug-likeness (QED) is 0.0646. The Morgan fingerprint density at radius 3 is 0.841 bits per heavy atom. The van der Waals surface area contributed by atoms with E-state index in [1.807, 2.05) is 0 Å². The molecule has 0 bridgehead atoms. The van der Waals surface area contributed by atoms with Gasteiger partial charge in [-0.2, -0.15) is 0 Å².